The number of hydrogen-bond acceptors (Lipinski definition) is 1. The van der Waals surface area contributed by atoms with Crippen LogP contribution in [-0.2, 0) is 0 Å². The molecular weight excluding hydrogens is 286 g/mol. The quantitative estimate of drug-likeness (QED) is 0.823. The van der Waals surface area contributed by atoms with Crippen molar-refractivity contribution in [2.24, 2.45) is 5.92 Å². The number of carbonyl (C=O) groups excluding carboxylic acids is 1. The Bertz CT molecular complexity index is 527. The standard InChI is InChI=1S/C15H17F4NO/c1-9-4-2-7-12(13(9)16)14(21)20-11-6-3-5-10(8-11)15(17,18)19/h2,4,7,10-11H,3,5-6,8H2,1H3,(H,20,21). The van der Waals surface area contributed by atoms with Crippen molar-refractivity contribution in [3.8, 4) is 0 Å². The average molecular weight is 303 g/mol. The Morgan fingerprint density at radius 2 is 2.00 bits per heavy atom. The predicted octanol–water partition coefficient (Wildman–Crippen LogP) is 3.99. The lowest BCUT2D eigenvalue weighted by molar-refractivity contribution is -0.183. The third kappa shape index (κ3) is 3.74. The van der Waals surface area contributed by atoms with E-state index in [4.69, 9.17) is 0 Å². The number of aryl methyl sites for hydroxylation is 1. The molecule has 1 amide bonds. The molecule has 1 aliphatic rings. The van der Waals surface area contributed by atoms with E-state index in [1.807, 2.05) is 0 Å². The number of alkyl halides is 3. The lowest BCUT2D eigenvalue weighted by Gasteiger charge is -2.31. The molecule has 6 heteroatoms. The van der Waals surface area contributed by atoms with E-state index in [9.17, 15) is 22.4 Å². The lowest BCUT2D eigenvalue weighted by Crippen LogP contribution is -2.41. The monoisotopic (exact) mass is 303 g/mol. The fourth-order valence-electron chi connectivity index (χ4n) is 2.70. The molecule has 2 atom stereocenters. The van der Waals surface area contributed by atoms with Gasteiger partial charge in [0, 0.05) is 6.04 Å². The summed E-state index contributed by atoms with van der Waals surface area (Å²) in [4.78, 5) is 12.0. The summed E-state index contributed by atoms with van der Waals surface area (Å²) in [6.07, 6.45) is -3.38. The second-order valence-electron chi connectivity index (χ2n) is 5.51. The van der Waals surface area contributed by atoms with Crippen LogP contribution in [0, 0.1) is 18.7 Å². The first kappa shape index (κ1) is 15.8. The molecule has 1 aromatic carbocycles. The molecule has 0 spiro atoms. The molecule has 1 fully saturated rings. The van der Waals surface area contributed by atoms with Crippen molar-refractivity contribution in [1.29, 1.82) is 0 Å². The number of hydrogen-bond donors (Lipinski definition) is 1. The van der Waals surface area contributed by atoms with Crippen LogP contribution in [0.4, 0.5) is 17.6 Å². The summed E-state index contributed by atoms with van der Waals surface area (Å²) in [7, 11) is 0. The summed E-state index contributed by atoms with van der Waals surface area (Å²) in [5.74, 6) is -2.67. The summed E-state index contributed by atoms with van der Waals surface area (Å²) < 4.78 is 52.0. The Kier molecular flexibility index (Phi) is 4.54. The van der Waals surface area contributed by atoms with Gasteiger partial charge in [0.2, 0.25) is 0 Å². The topological polar surface area (TPSA) is 29.1 Å². The summed E-state index contributed by atoms with van der Waals surface area (Å²) in [6, 6.07) is 3.86. The number of benzene rings is 1. The molecule has 0 heterocycles. The molecule has 0 aliphatic heterocycles. The van der Waals surface area contributed by atoms with Crippen LogP contribution in [0.5, 0.6) is 0 Å². The van der Waals surface area contributed by atoms with Crippen molar-refractivity contribution in [1.82, 2.24) is 5.32 Å². The zero-order valence-corrected chi connectivity index (χ0v) is 11.6. The highest BCUT2D eigenvalue weighted by Gasteiger charge is 2.42. The average Bonchev–Trinajstić information content (AvgIpc) is 2.41. The van der Waals surface area contributed by atoms with Crippen LogP contribution < -0.4 is 5.32 Å². The maximum Gasteiger partial charge on any atom is 0.391 e. The number of amides is 1. The van der Waals surface area contributed by atoms with Gasteiger partial charge in [-0.3, -0.25) is 4.79 Å². The van der Waals surface area contributed by atoms with Gasteiger partial charge < -0.3 is 5.32 Å². The molecule has 0 aromatic heterocycles. The van der Waals surface area contributed by atoms with Gasteiger partial charge in [-0.1, -0.05) is 18.6 Å². The van der Waals surface area contributed by atoms with Gasteiger partial charge in [-0.2, -0.15) is 13.2 Å². The van der Waals surface area contributed by atoms with Crippen molar-refractivity contribution >= 4 is 5.91 Å². The molecule has 2 unspecified atom stereocenters. The van der Waals surface area contributed by atoms with Gasteiger partial charge in [0.25, 0.3) is 5.91 Å². The molecule has 0 bridgehead atoms. The molecular formula is C15H17F4NO. The minimum absolute atomic E-state index is 0.0919. The number of halogens is 4. The van der Waals surface area contributed by atoms with E-state index in [2.05, 4.69) is 5.32 Å². The van der Waals surface area contributed by atoms with E-state index >= 15 is 0 Å². The van der Waals surface area contributed by atoms with Gasteiger partial charge in [-0.25, -0.2) is 4.39 Å². The number of carbonyl (C=O) groups is 1. The fourth-order valence-corrected chi connectivity index (χ4v) is 2.70. The first-order chi connectivity index (χ1) is 9.79. The Hall–Kier alpha value is -1.59. The zero-order valence-electron chi connectivity index (χ0n) is 11.6. The maximum absolute atomic E-state index is 13.8. The second-order valence-corrected chi connectivity index (χ2v) is 5.51. The van der Waals surface area contributed by atoms with Crippen LogP contribution in [-0.4, -0.2) is 18.1 Å². The minimum atomic E-state index is -4.24. The Morgan fingerprint density at radius 3 is 2.67 bits per heavy atom. The van der Waals surface area contributed by atoms with E-state index < -0.39 is 29.9 Å². The number of nitrogens with one attached hydrogen (secondary N) is 1. The first-order valence-electron chi connectivity index (χ1n) is 6.91. The lowest BCUT2D eigenvalue weighted by atomic mass is 9.85. The summed E-state index contributed by atoms with van der Waals surface area (Å²) >= 11 is 0. The highest BCUT2D eigenvalue weighted by molar-refractivity contribution is 5.94. The molecule has 21 heavy (non-hydrogen) atoms. The molecule has 1 aromatic rings. The van der Waals surface area contributed by atoms with Gasteiger partial charge in [-0.05, 0) is 37.8 Å². The molecule has 2 rings (SSSR count). The molecule has 1 aliphatic carbocycles. The van der Waals surface area contributed by atoms with Crippen molar-refractivity contribution in [3.63, 3.8) is 0 Å². The molecule has 0 radical (unpaired) electrons. The summed E-state index contributed by atoms with van der Waals surface area (Å²) in [5, 5.41) is 2.53. The SMILES string of the molecule is Cc1cccc(C(=O)NC2CCCC(C(F)(F)F)C2)c1F. The van der Waals surface area contributed by atoms with E-state index in [0.29, 0.717) is 18.4 Å². The van der Waals surface area contributed by atoms with E-state index in [1.165, 1.54) is 19.1 Å². The van der Waals surface area contributed by atoms with Crippen LogP contribution in [0.15, 0.2) is 18.2 Å². The maximum atomic E-state index is 13.8. The van der Waals surface area contributed by atoms with Crippen LogP contribution in [0.3, 0.4) is 0 Å². The molecule has 1 N–H and O–H groups in total. The molecule has 1 saturated carbocycles. The van der Waals surface area contributed by atoms with Crippen molar-refractivity contribution in [2.75, 3.05) is 0 Å². The van der Waals surface area contributed by atoms with Gasteiger partial charge in [0.1, 0.15) is 5.82 Å². The largest absolute Gasteiger partial charge is 0.391 e. The summed E-state index contributed by atoms with van der Waals surface area (Å²) in [6.45, 7) is 1.53. The van der Waals surface area contributed by atoms with Gasteiger partial charge >= 0.3 is 6.18 Å². The highest BCUT2D eigenvalue weighted by atomic mass is 19.4. The fraction of sp³-hybridized carbons (Fsp3) is 0.533. The van der Waals surface area contributed by atoms with Crippen LogP contribution >= 0.6 is 0 Å². The van der Waals surface area contributed by atoms with Crippen LogP contribution in [0.25, 0.3) is 0 Å². The van der Waals surface area contributed by atoms with Crippen LogP contribution in [0.2, 0.25) is 0 Å². The van der Waals surface area contributed by atoms with E-state index in [1.54, 1.807) is 6.07 Å². The third-order valence-corrected chi connectivity index (χ3v) is 3.91. The molecule has 116 valence electrons. The molecule has 2 nitrogen and oxygen atoms in total. The first-order valence-corrected chi connectivity index (χ1v) is 6.91. The smallest absolute Gasteiger partial charge is 0.349 e. The van der Waals surface area contributed by atoms with Gasteiger partial charge in [0.05, 0.1) is 11.5 Å². The minimum Gasteiger partial charge on any atom is -0.349 e. The highest BCUT2D eigenvalue weighted by Crippen LogP contribution is 2.37. The van der Waals surface area contributed by atoms with E-state index in [0.717, 1.165) is 0 Å². The normalized spacial score (nSPS) is 22.9. The van der Waals surface area contributed by atoms with E-state index in [-0.39, 0.29) is 18.4 Å². The van der Waals surface area contributed by atoms with Crippen molar-refractivity contribution in [2.45, 2.75) is 44.8 Å². The van der Waals surface area contributed by atoms with Crippen molar-refractivity contribution < 1.29 is 22.4 Å². The van der Waals surface area contributed by atoms with Crippen molar-refractivity contribution in [3.05, 3.63) is 35.1 Å². The number of rotatable bonds is 2. The third-order valence-electron chi connectivity index (χ3n) is 3.91. The predicted molar refractivity (Wildman–Crippen MR) is 70.4 cm³/mol. The second kappa shape index (κ2) is 6.03. The Balaban J connectivity index is 2.04. The van der Waals surface area contributed by atoms with Gasteiger partial charge in [-0.15, -0.1) is 0 Å². The van der Waals surface area contributed by atoms with Gasteiger partial charge in [0.15, 0.2) is 0 Å². The van der Waals surface area contributed by atoms with Crippen LogP contribution in [0.1, 0.15) is 41.6 Å². The Morgan fingerprint density at radius 1 is 1.29 bits per heavy atom. The molecule has 0 saturated heterocycles. The Labute approximate surface area is 120 Å². The zero-order chi connectivity index (χ0) is 15.6. The summed E-state index contributed by atoms with van der Waals surface area (Å²) in [5.41, 5.74) is 0.212.